The molecule has 2 aromatic carbocycles. The maximum atomic E-state index is 12.6. The third-order valence-electron chi connectivity index (χ3n) is 4.37. The molecule has 29 heavy (non-hydrogen) atoms. The zero-order chi connectivity index (χ0) is 21.4. The van der Waals surface area contributed by atoms with Crippen molar-refractivity contribution in [2.45, 2.75) is 26.4 Å². The minimum atomic E-state index is -0.768. The molecule has 0 aromatic heterocycles. The fourth-order valence-electron chi connectivity index (χ4n) is 2.76. The van der Waals surface area contributed by atoms with Crippen LogP contribution in [0.4, 0.5) is 10.5 Å². The number of aromatic hydroxyl groups is 1. The van der Waals surface area contributed by atoms with Gasteiger partial charge in [-0.2, -0.15) is 12.6 Å². The van der Waals surface area contributed by atoms with Gasteiger partial charge in [0.1, 0.15) is 11.9 Å². The van der Waals surface area contributed by atoms with Crippen LogP contribution in [0.5, 0.6) is 5.75 Å². The van der Waals surface area contributed by atoms with E-state index in [1.54, 1.807) is 42.5 Å². The zero-order valence-corrected chi connectivity index (χ0v) is 19.3. The number of anilines is 1. The summed E-state index contributed by atoms with van der Waals surface area (Å²) in [6.07, 6.45) is -0.990. The fraction of sp³-hybridized carbons (Fsp3) is 0.333. The fourth-order valence-corrected chi connectivity index (χ4v) is 3.37. The first-order valence-corrected chi connectivity index (χ1v) is 10.7. The molecule has 6 nitrogen and oxygen atoms in total. The van der Waals surface area contributed by atoms with Crippen molar-refractivity contribution >= 4 is 53.0 Å². The lowest BCUT2D eigenvalue weighted by Crippen LogP contribution is -2.30. The second-order valence-corrected chi connectivity index (χ2v) is 8.66. The van der Waals surface area contributed by atoms with Crippen molar-refractivity contribution in [3.63, 3.8) is 0 Å². The van der Waals surface area contributed by atoms with Gasteiger partial charge in [-0.1, -0.05) is 32.0 Å². The van der Waals surface area contributed by atoms with Crippen LogP contribution >= 0.6 is 35.2 Å². The zero-order valence-electron chi connectivity index (χ0n) is 16.2. The van der Waals surface area contributed by atoms with Gasteiger partial charge in [0.2, 0.25) is 0 Å². The van der Waals surface area contributed by atoms with Gasteiger partial charge in [0.25, 0.3) is 0 Å². The third kappa shape index (κ3) is 7.11. The van der Waals surface area contributed by atoms with Crippen LogP contribution in [0, 0.1) is 8.99 Å². The predicted octanol–water partition coefficient (Wildman–Crippen LogP) is 5.18. The van der Waals surface area contributed by atoms with Gasteiger partial charge in [-0.05, 0) is 59.3 Å². The molecule has 0 heterocycles. The van der Waals surface area contributed by atoms with E-state index in [0.29, 0.717) is 17.7 Å². The highest BCUT2D eigenvalue weighted by molar-refractivity contribution is 14.1. The van der Waals surface area contributed by atoms with Crippen LogP contribution in [0.15, 0.2) is 48.5 Å². The summed E-state index contributed by atoms with van der Waals surface area (Å²) in [5.41, 5.74) is 0.460. The number of esters is 1. The molecule has 0 spiro atoms. The first kappa shape index (κ1) is 23.3. The number of hydrogen-bond acceptors (Lipinski definition) is 6. The Bertz CT molecular complexity index is 844. The van der Waals surface area contributed by atoms with Gasteiger partial charge in [0, 0.05) is 20.2 Å². The van der Waals surface area contributed by atoms with Crippen LogP contribution in [-0.4, -0.2) is 29.5 Å². The Morgan fingerprint density at radius 1 is 1.21 bits per heavy atom. The second-order valence-electron chi connectivity index (χ2n) is 7.10. The SMILES string of the molecule is CC(C)(CCOC(=O)CS)[C@@H](OC(=O)Nc1ccccc1)c1cc(I)ccc1O. The van der Waals surface area contributed by atoms with Gasteiger partial charge in [-0.3, -0.25) is 10.1 Å². The minimum Gasteiger partial charge on any atom is -0.508 e. The molecule has 0 aliphatic heterocycles. The molecule has 156 valence electrons. The van der Waals surface area contributed by atoms with E-state index >= 15 is 0 Å². The number of para-hydroxylation sites is 1. The van der Waals surface area contributed by atoms with E-state index in [1.807, 2.05) is 19.9 Å². The number of benzene rings is 2. The smallest absolute Gasteiger partial charge is 0.412 e. The average molecular weight is 529 g/mol. The monoisotopic (exact) mass is 529 g/mol. The Balaban J connectivity index is 2.24. The minimum absolute atomic E-state index is 0.00247. The van der Waals surface area contributed by atoms with Crippen molar-refractivity contribution < 1.29 is 24.2 Å². The lowest BCUT2D eigenvalue weighted by molar-refractivity contribution is -0.141. The van der Waals surface area contributed by atoms with Gasteiger partial charge in [-0.15, -0.1) is 0 Å². The van der Waals surface area contributed by atoms with Gasteiger partial charge in [0.15, 0.2) is 0 Å². The van der Waals surface area contributed by atoms with Crippen molar-refractivity contribution in [1.82, 2.24) is 0 Å². The Labute approximate surface area is 189 Å². The summed E-state index contributed by atoms with van der Waals surface area (Å²) in [6.45, 7) is 3.93. The molecule has 2 N–H and O–H groups in total. The summed E-state index contributed by atoms with van der Waals surface area (Å²) in [5.74, 6) is -0.388. The van der Waals surface area contributed by atoms with Gasteiger partial charge in [-0.25, -0.2) is 4.79 Å². The predicted molar refractivity (Wildman–Crippen MR) is 123 cm³/mol. The molecule has 2 rings (SSSR count). The summed E-state index contributed by atoms with van der Waals surface area (Å²) >= 11 is 6.02. The van der Waals surface area contributed by atoms with E-state index in [2.05, 4.69) is 40.5 Å². The van der Waals surface area contributed by atoms with E-state index < -0.39 is 23.6 Å². The molecule has 0 saturated heterocycles. The first-order valence-electron chi connectivity index (χ1n) is 9.00. The largest absolute Gasteiger partial charge is 0.508 e. The lowest BCUT2D eigenvalue weighted by Gasteiger charge is -2.34. The highest BCUT2D eigenvalue weighted by Crippen LogP contribution is 2.43. The summed E-state index contributed by atoms with van der Waals surface area (Å²) in [7, 11) is 0. The highest BCUT2D eigenvalue weighted by atomic mass is 127. The maximum absolute atomic E-state index is 12.6. The molecule has 0 fully saturated rings. The molecular formula is C21H24INO5S. The highest BCUT2D eigenvalue weighted by Gasteiger charge is 2.36. The number of thiol groups is 1. The summed E-state index contributed by atoms with van der Waals surface area (Å²) in [4.78, 5) is 23.9. The molecular weight excluding hydrogens is 505 g/mol. The molecule has 1 amide bonds. The number of hydrogen-bond donors (Lipinski definition) is 3. The molecule has 0 radical (unpaired) electrons. The van der Waals surface area contributed by atoms with Crippen molar-refractivity contribution in [3.05, 3.63) is 57.7 Å². The van der Waals surface area contributed by atoms with E-state index in [1.165, 1.54) is 0 Å². The Kier molecular flexibility index (Phi) is 8.63. The molecule has 0 aliphatic carbocycles. The summed E-state index contributed by atoms with van der Waals surface area (Å²) in [5, 5.41) is 13.1. The number of rotatable bonds is 8. The molecule has 0 saturated carbocycles. The van der Waals surface area contributed by atoms with E-state index in [-0.39, 0.29) is 18.1 Å². The standard InChI is InChI=1S/C21H24INO5S/c1-21(2,10-11-27-18(25)13-29)19(16-12-14(22)8-9-17(16)24)28-20(26)23-15-6-4-3-5-7-15/h3-9,12,19,24,29H,10-11,13H2,1-2H3,(H,23,26)/t19-/m0/s1. The van der Waals surface area contributed by atoms with Crippen LogP contribution in [0.1, 0.15) is 31.9 Å². The van der Waals surface area contributed by atoms with Crippen LogP contribution in [0.2, 0.25) is 0 Å². The van der Waals surface area contributed by atoms with Crippen LogP contribution in [0.3, 0.4) is 0 Å². The lowest BCUT2D eigenvalue weighted by atomic mass is 9.79. The number of phenolic OH excluding ortho intramolecular Hbond substituents is 1. The van der Waals surface area contributed by atoms with Crippen LogP contribution in [-0.2, 0) is 14.3 Å². The normalized spacial score (nSPS) is 12.1. The molecule has 8 heteroatoms. The Hall–Kier alpha value is -1.94. The van der Waals surface area contributed by atoms with Crippen LogP contribution in [0.25, 0.3) is 0 Å². The number of amides is 1. The summed E-state index contributed by atoms with van der Waals surface area (Å²) < 4.78 is 11.8. The molecule has 2 aromatic rings. The van der Waals surface area contributed by atoms with Gasteiger partial charge >= 0.3 is 12.1 Å². The third-order valence-corrected chi connectivity index (χ3v) is 5.29. The number of halogens is 1. The average Bonchev–Trinajstić information content (AvgIpc) is 2.68. The number of phenols is 1. The van der Waals surface area contributed by atoms with E-state index in [9.17, 15) is 14.7 Å². The Morgan fingerprint density at radius 3 is 2.55 bits per heavy atom. The molecule has 0 bridgehead atoms. The summed E-state index contributed by atoms with van der Waals surface area (Å²) in [6, 6.07) is 14.1. The number of nitrogens with one attached hydrogen (secondary N) is 1. The number of carbonyl (C=O) groups excluding carboxylic acids is 2. The number of carbonyl (C=O) groups is 2. The van der Waals surface area contributed by atoms with E-state index in [0.717, 1.165) is 3.57 Å². The van der Waals surface area contributed by atoms with Crippen molar-refractivity contribution in [2.24, 2.45) is 5.41 Å². The van der Waals surface area contributed by atoms with Gasteiger partial charge < -0.3 is 14.6 Å². The van der Waals surface area contributed by atoms with Crippen molar-refractivity contribution in [3.8, 4) is 5.75 Å². The van der Waals surface area contributed by atoms with E-state index in [4.69, 9.17) is 9.47 Å². The maximum Gasteiger partial charge on any atom is 0.412 e. The van der Waals surface area contributed by atoms with Gasteiger partial charge in [0.05, 0.1) is 12.4 Å². The van der Waals surface area contributed by atoms with Crippen molar-refractivity contribution in [2.75, 3.05) is 17.7 Å². The second kappa shape index (κ2) is 10.7. The van der Waals surface area contributed by atoms with Crippen molar-refractivity contribution in [1.29, 1.82) is 0 Å². The Morgan fingerprint density at radius 2 is 1.90 bits per heavy atom. The molecule has 1 atom stereocenters. The topological polar surface area (TPSA) is 84.9 Å². The quantitative estimate of drug-likeness (QED) is 0.250. The van der Waals surface area contributed by atoms with Crippen LogP contribution < -0.4 is 5.32 Å². The first-order chi connectivity index (χ1) is 13.7. The molecule has 0 unspecified atom stereocenters. The molecule has 0 aliphatic rings. The number of ether oxygens (including phenoxy) is 2.